The Bertz CT molecular complexity index is 171. The van der Waals surface area contributed by atoms with Crippen LogP contribution >= 0.6 is 11.8 Å². The van der Waals surface area contributed by atoms with Crippen molar-refractivity contribution < 1.29 is 14.6 Å². The zero-order valence-electron chi connectivity index (χ0n) is 9.32. The first-order valence-corrected chi connectivity index (χ1v) is 5.99. The van der Waals surface area contributed by atoms with Crippen LogP contribution in [-0.2, 0) is 9.53 Å². The summed E-state index contributed by atoms with van der Waals surface area (Å²) in [5.74, 6) is 0.231. The summed E-state index contributed by atoms with van der Waals surface area (Å²) in [5.41, 5.74) is 0. The number of carboxylic acids is 1. The molecule has 0 aromatic rings. The van der Waals surface area contributed by atoms with Gasteiger partial charge in [-0.25, -0.2) is 4.79 Å². The summed E-state index contributed by atoms with van der Waals surface area (Å²) in [7, 11) is 0. The Morgan fingerprint density at radius 2 is 2.00 bits per heavy atom. The van der Waals surface area contributed by atoms with Gasteiger partial charge in [0, 0.05) is 17.6 Å². The lowest BCUT2D eigenvalue weighted by molar-refractivity contribution is -0.148. The molecule has 0 fully saturated rings. The molecule has 4 heteroatoms. The van der Waals surface area contributed by atoms with Gasteiger partial charge in [0.05, 0.1) is 0 Å². The Morgan fingerprint density at radius 1 is 1.43 bits per heavy atom. The summed E-state index contributed by atoms with van der Waals surface area (Å²) in [6.07, 6.45) is -0.661. The van der Waals surface area contributed by atoms with Crippen molar-refractivity contribution in [1.82, 2.24) is 0 Å². The first kappa shape index (κ1) is 13.8. The minimum Gasteiger partial charge on any atom is -0.479 e. The maximum absolute atomic E-state index is 10.7. The number of rotatable bonds is 7. The molecule has 0 aromatic heterocycles. The molecule has 84 valence electrons. The van der Waals surface area contributed by atoms with Gasteiger partial charge in [-0.15, -0.1) is 0 Å². The van der Waals surface area contributed by atoms with E-state index < -0.39 is 12.1 Å². The summed E-state index contributed by atoms with van der Waals surface area (Å²) in [5, 5.41) is 9.29. The average Bonchev–Trinajstić information content (AvgIpc) is 2.10. The van der Waals surface area contributed by atoms with Crippen LogP contribution in [0.3, 0.4) is 0 Å². The van der Waals surface area contributed by atoms with Crippen LogP contribution in [0.1, 0.15) is 27.7 Å². The highest BCUT2D eigenvalue weighted by Crippen LogP contribution is 2.20. The molecule has 0 aromatic carbocycles. The second-order valence-corrected chi connectivity index (χ2v) is 4.97. The van der Waals surface area contributed by atoms with Crippen molar-refractivity contribution in [3.63, 3.8) is 0 Å². The van der Waals surface area contributed by atoms with Crippen molar-refractivity contribution in [2.75, 3.05) is 12.4 Å². The lowest BCUT2D eigenvalue weighted by Gasteiger charge is -2.18. The maximum Gasteiger partial charge on any atom is 0.333 e. The molecule has 0 aliphatic carbocycles. The van der Waals surface area contributed by atoms with E-state index in [1.54, 1.807) is 11.8 Å². The lowest BCUT2D eigenvalue weighted by atomic mass is 10.2. The molecule has 2 unspecified atom stereocenters. The number of ether oxygens (including phenoxy) is 1. The smallest absolute Gasteiger partial charge is 0.333 e. The quantitative estimate of drug-likeness (QED) is 0.715. The van der Waals surface area contributed by atoms with Gasteiger partial charge in [0.25, 0.3) is 0 Å². The molecule has 0 bridgehead atoms. The fraction of sp³-hybridized carbons (Fsp3) is 0.900. The fourth-order valence-electron chi connectivity index (χ4n) is 0.824. The van der Waals surface area contributed by atoms with Gasteiger partial charge in [-0.2, -0.15) is 11.8 Å². The zero-order valence-corrected chi connectivity index (χ0v) is 10.1. The summed E-state index contributed by atoms with van der Waals surface area (Å²) in [6.45, 7) is 8.64. The van der Waals surface area contributed by atoms with E-state index in [4.69, 9.17) is 9.84 Å². The van der Waals surface area contributed by atoms with E-state index in [-0.39, 0.29) is 0 Å². The third-order valence-corrected chi connectivity index (χ3v) is 3.66. The van der Waals surface area contributed by atoms with Crippen molar-refractivity contribution in [3.8, 4) is 0 Å². The Morgan fingerprint density at radius 3 is 2.36 bits per heavy atom. The first-order valence-electron chi connectivity index (χ1n) is 4.95. The average molecular weight is 220 g/mol. The molecule has 0 heterocycles. The largest absolute Gasteiger partial charge is 0.479 e. The lowest BCUT2D eigenvalue weighted by Crippen LogP contribution is -2.27. The molecule has 0 aliphatic rings. The van der Waals surface area contributed by atoms with Crippen LogP contribution in [-0.4, -0.2) is 34.8 Å². The molecular weight excluding hydrogens is 200 g/mol. The van der Waals surface area contributed by atoms with Gasteiger partial charge in [0.2, 0.25) is 0 Å². The van der Waals surface area contributed by atoms with Gasteiger partial charge >= 0.3 is 5.97 Å². The molecule has 2 atom stereocenters. The highest BCUT2D eigenvalue weighted by atomic mass is 32.2. The number of aliphatic carboxylic acids is 1. The molecule has 0 rings (SSSR count). The van der Waals surface area contributed by atoms with Crippen molar-refractivity contribution in [2.45, 2.75) is 39.0 Å². The highest BCUT2D eigenvalue weighted by molar-refractivity contribution is 7.99. The minimum absolute atomic E-state index is 0.452. The predicted octanol–water partition coefficient (Wildman–Crippen LogP) is 2.25. The summed E-state index contributed by atoms with van der Waals surface area (Å²) >= 11 is 1.66. The summed E-state index contributed by atoms with van der Waals surface area (Å²) in [4.78, 5) is 10.7. The third-order valence-electron chi connectivity index (χ3n) is 2.09. The summed E-state index contributed by atoms with van der Waals surface area (Å²) in [6, 6.07) is 0. The molecular formula is C10H20O3S. The molecule has 0 radical (unpaired) electrons. The fourth-order valence-corrected chi connectivity index (χ4v) is 1.93. The molecule has 1 N–H and O–H groups in total. The van der Waals surface area contributed by atoms with Gasteiger partial charge in [-0.3, -0.25) is 0 Å². The molecule has 3 nitrogen and oxygen atoms in total. The van der Waals surface area contributed by atoms with Crippen molar-refractivity contribution in [3.05, 3.63) is 0 Å². The Balaban J connectivity index is 3.87. The normalized spacial score (nSPS) is 15.5. The van der Waals surface area contributed by atoms with Crippen LogP contribution in [0.2, 0.25) is 0 Å². The van der Waals surface area contributed by atoms with E-state index >= 15 is 0 Å². The third kappa shape index (κ3) is 5.50. The second-order valence-electron chi connectivity index (χ2n) is 3.56. The van der Waals surface area contributed by atoms with Crippen LogP contribution in [0.5, 0.6) is 0 Å². The summed E-state index contributed by atoms with van der Waals surface area (Å²) < 4.78 is 5.11. The molecule has 0 saturated heterocycles. The number of carbonyl (C=O) groups is 1. The van der Waals surface area contributed by atoms with Gasteiger partial charge in [-0.05, 0) is 12.8 Å². The highest BCUT2D eigenvalue weighted by Gasteiger charge is 2.19. The monoisotopic (exact) mass is 220 g/mol. The van der Waals surface area contributed by atoms with Crippen LogP contribution in [0.25, 0.3) is 0 Å². The molecule has 0 aliphatic heterocycles. The van der Waals surface area contributed by atoms with Crippen LogP contribution in [0.15, 0.2) is 0 Å². The second kappa shape index (κ2) is 7.12. The minimum atomic E-state index is -0.865. The van der Waals surface area contributed by atoms with E-state index in [9.17, 15) is 4.79 Å². The standard InChI is InChI=1S/C10H20O3S/c1-5-13-9(10(11)12)6-14-8(4)7(2)3/h7-9H,5-6H2,1-4H3,(H,11,12). The molecule has 0 amide bonds. The van der Waals surface area contributed by atoms with Gasteiger partial charge in [0.1, 0.15) is 0 Å². The van der Waals surface area contributed by atoms with E-state index in [0.29, 0.717) is 23.5 Å². The van der Waals surface area contributed by atoms with Crippen molar-refractivity contribution in [2.24, 2.45) is 5.92 Å². The van der Waals surface area contributed by atoms with Gasteiger partial charge in [-0.1, -0.05) is 20.8 Å². The number of thioether (sulfide) groups is 1. The number of hydrogen-bond acceptors (Lipinski definition) is 3. The van der Waals surface area contributed by atoms with E-state index in [2.05, 4.69) is 20.8 Å². The van der Waals surface area contributed by atoms with Crippen LogP contribution < -0.4 is 0 Å². The predicted molar refractivity (Wildman–Crippen MR) is 59.8 cm³/mol. The molecule has 0 spiro atoms. The maximum atomic E-state index is 10.7. The Labute approximate surface area is 90.2 Å². The van der Waals surface area contributed by atoms with Crippen LogP contribution in [0.4, 0.5) is 0 Å². The molecule has 0 saturated carbocycles. The molecule has 14 heavy (non-hydrogen) atoms. The van der Waals surface area contributed by atoms with Crippen molar-refractivity contribution in [1.29, 1.82) is 0 Å². The van der Waals surface area contributed by atoms with E-state index in [1.165, 1.54) is 0 Å². The Hall–Kier alpha value is -0.220. The number of carboxylic acid groups (broad SMARTS) is 1. The van der Waals surface area contributed by atoms with Gasteiger partial charge in [0.15, 0.2) is 6.10 Å². The number of hydrogen-bond donors (Lipinski definition) is 1. The topological polar surface area (TPSA) is 46.5 Å². The van der Waals surface area contributed by atoms with Gasteiger partial charge < -0.3 is 9.84 Å². The Kier molecular flexibility index (Phi) is 7.01. The zero-order chi connectivity index (χ0) is 11.1. The van der Waals surface area contributed by atoms with Crippen molar-refractivity contribution >= 4 is 17.7 Å². The first-order chi connectivity index (χ1) is 6.49. The van der Waals surface area contributed by atoms with Crippen LogP contribution in [0, 0.1) is 5.92 Å². The van der Waals surface area contributed by atoms with E-state index in [0.717, 1.165) is 0 Å². The SMILES string of the molecule is CCOC(CSC(C)C(C)C)C(=O)O. The van der Waals surface area contributed by atoms with E-state index in [1.807, 2.05) is 6.92 Å².